The first-order valence-electron chi connectivity index (χ1n) is 8.66. The predicted molar refractivity (Wildman–Crippen MR) is 101 cm³/mol. The summed E-state index contributed by atoms with van der Waals surface area (Å²) in [4.78, 5) is 29.6. The molecular weight excluding hydrogens is 330 g/mol. The van der Waals surface area contributed by atoms with Crippen molar-refractivity contribution in [3.8, 4) is 5.75 Å². The molecule has 1 N–H and O–H groups in total. The minimum absolute atomic E-state index is 0.0910. The number of hydrogen-bond acceptors (Lipinski definition) is 4. The third-order valence-corrected chi connectivity index (χ3v) is 3.68. The maximum Gasteiger partial charge on any atom is 0.223 e. The highest BCUT2D eigenvalue weighted by molar-refractivity contribution is 5.92. The van der Waals surface area contributed by atoms with Gasteiger partial charge in [-0.2, -0.15) is 0 Å². The zero-order valence-electron chi connectivity index (χ0n) is 15.4. The first-order valence-corrected chi connectivity index (χ1v) is 8.66. The summed E-state index contributed by atoms with van der Waals surface area (Å²) >= 11 is 0. The van der Waals surface area contributed by atoms with Crippen molar-refractivity contribution in [3.05, 3.63) is 54.4 Å². The molecule has 1 aromatic carbocycles. The predicted octanol–water partition coefficient (Wildman–Crippen LogP) is 2.93. The van der Waals surface area contributed by atoms with Crippen molar-refractivity contribution in [3.63, 3.8) is 0 Å². The van der Waals surface area contributed by atoms with E-state index in [1.165, 1.54) is 6.92 Å². The van der Waals surface area contributed by atoms with Crippen molar-refractivity contribution in [2.75, 3.05) is 11.4 Å². The van der Waals surface area contributed by atoms with Crippen LogP contribution in [0.2, 0.25) is 0 Å². The van der Waals surface area contributed by atoms with Crippen molar-refractivity contribution in [2.24, 2.45) is 0 Å². The van der Waals surface area contributed by atoms with E-state index in [0.717, 1.165) is 17.0 Å². The van der Waals surface area contributed by atoms with Crippen LogP contribution in [-0.4, -0.2) is 29.4 Å². The average molecular weight is 355 g/mol. The number of rotatable bonds is 8. The van der Waals surface area contributed by atoms with E-state index in [1.54, 1.807) is 17.3 Å². The lowest BCUT2D eigenvalue weighted by molar-refractivity contribution is -0.121. The van der Waals surface area contributed by atoms with E-state index < -0.39 is 0 Å². The van der Waals surface area contributed by atoms with Gasteiger partial charge in [-0.3, -0.25) is 14.6 Å². The standard InChI is InChI=1S/C20H25N3O3/c1-15(2)26-19-8-6-18(7-9-19)23(16(3)24)12-10-20(25)22-14-17-5-4-11-21-13-17/h4-9,11,13,15H,10,12,14H2,1-3H3,(H,22,25). The van der Waals surface area contributed by atoms with Gasteiger partial charge in [0.15, 0.2) is 0 Å². The smallest absolute Gasteiger partial charge is 0.223 e. The number of pyridine rings is 1. The van der Waals surface area contributed by atoms with E-state index in [4.69, 9.17) is 4.74 Å². The van der Waals surface area contributed by atoms with Crippen LogP contribution in [0.15, 0.2) is 48.8 Å². The van der Waals surface area contributed by atoms with Crippen molar-refractivity contribution in [1.29, 1.82) is 0 Å². The molecule has 0 saturated carbocycles. The third-order valence-electron chi connectivity index (χ3n) is 3.68. The summed E-state index contributed by atoms with van der Waals surface area (Å²) in [6, 6.07) is 11.0. The molecule has 0 aliphatic carbocycles. The summed E-state index contributed by atoms with van der Waals surface area (Å²) in [6.45, 7) is 6.15. The minimum atomic E-state index is -0.111. The van der Waals surface area contributed by atoms with E-state index in [2.05, 4.69) is 10.3 Å². The van der Waals surface area contributed by atoms with Gasteiger partial charge in [0.1, 0.15) is 5.75 Å². The molecule has 2 aromatic rings. The topological polar surface area (TPSA) is 71.5 Å². The number of carbonyl (C=O) groups is 2. The van der Waals surface area contributed by atoms with Crippen LogP contribution in [0, 0.1) is 0 Å². The Bertz CT molecular complexity index is 715. The molecule has 1 heterocycles. The van der Waals surface area contributed by atoms with Crippen LogP contribution in [-0.2, 0) is 16.1 Å². The lowest BCUT2D eigenvalue weighted by Crippen LogP contribution is -2.33. The Morgan fingerprint density at radius 2 is 1.92 bits per heavy atom. The van der Waals surface area contributed by atoms with E-state index in [1.807, 2.05) is 50.2 Å². The second kappa shape index (κ2) is 9.56. The molecule has 6 nitrogen and oxygen atoms in total. The number of amides is 2. The van der Waals surface area contributed by atoms with Gasteiger partial charge in [0, 0.05) is 44.5 Å². The molecule has 0 aliphatic heterocycles. The Morgan fingerprint density at radius 1 is 1.19 bits per heavy atom. The van der Waals surface area contributed by atoms with Crippen LogP contribution in [0.25, 0.3) is 0 Å². The largest absolute Gasteiger partial charge is 0.491 e. The number of ether oxygens (including phenoxy) is 1. The molecule has 0 radical (unpaired) electrons. The summed E-state index contributed by atoms with van der Waals surface area (Å²) < 4.78 is 5.61. The molecule has 0 fully saturated rings. The van der Waals surface area contributed by atoms with Crippen LogP contribution in [0.4, 0.5) is 5.69 Å². The summed E-state index contributed by atoms with van der Waals surface area (Å²) in [7, 11) is 0. The zero-order chi connectivity index (χ0) is 18.9. The first kappa shape index (κ1) is 19.4. The zero-order valence-corrected chi connectivity index (χ0v) is 15.4. The number of benzene rings is 1. The Morgan fingerprint density at radius 3 is 2.50 bits per heavy atom. The van der Waals surface area contributed by atoms with Crippen molar-refractivity contribution in [2.45, 2.75) is 39.8 Å². The SMILES string of the molecule is CC(=O)N(CCC(=O)NCc1cccnc1)c1ccc(OC(C)C)cc1. The van der Waals surface area contributed by atoms with Gasteiger partial charge in [0.05, 0.1) is 6.10 Å². The van der Waals surface area contributed by atoms with E-state index in [-0.39, 0.29) is 24.3 Å². The molecular formula is C20H25N3O3. The fraction of sp³-hybridized carbons (Fsp3) is 0.350. The molecule has 1 aromatic heterocycles. The molecule has 0 bridgehead atoms. The van der Waals surface area contributed by atoms with Crippen LogP contribution >= 0.6 is 0 Å². The normalized spacial score (nSPS) is 10.5. The van der Waals surface area contributed by atoms with Crippen LogP contribution in [0.3, 0.4) is 0 Å². The van der Waals surface area contributed by atoms with Crippen molar-refractivity contribution >= 4 is 17.5 Å². The fourth-order valence-corrected chi connectivity index (χ4v) is 2.45. The highest BCUT2D eigenvalue weighted by atomic mass is 16.5. The fourth-order valence-electron chi connectivity index (χ4n) is 2.45. The summed E-state index contributed by atoms with van der Waals surface area (Å²) in [5, 5.41) is 2.84. The van der Waals surface area contributed by atoms with E-state index in [0.29, 0.717) is 13.1 Å². The van der Waals surface area contributed by atoms with Crippen LogP contribution in [0.5, 0.6) is 5.75 Å². The second-order valence-corrected chi connectivity index (χ2v) is 6.22. The van der Waals surface area contributed by atoms with Gasteiger partial charge >= 0.3 is 0 Å². The first-order chi connectivity index (χ1) is 12.5. The Labute approximate surface area is 154 Å². The van der Waals surface area contributed by atoms with Gasteiger partial charge in [0.2, 0.25) is 11.8 Å². The molecule has 2 rings (SSSR count). The Kier molecular flexibility index (Phi) is 7.14. The third kappa shape index (κ3) is 6.20. The molecule has 138 valence electrons. The van der Waals surface area contributed by atoms with Gasteiger partial charge in [-0.15, -0.1) is 0 Å². The lowest BCUT2D eigenvalue weighted by atomic mass is 10.2. The number of carbonyl (C=O) groups excluding carboxylic acids is 2. The molecule has 0 saturated heterocycles. The van der Waals surface area contributed by atoms with E-state index >= 15 is 0 Å². The van der Waals surface area contributed by atoms with Crippen molar-refractivity contribution < 1.29 is 14.3 Å². The highest BCUT2D eigenvalue weighted by Crippen LogP contribution is 2.20. The quantitative estimate of drug-likeness (QED) is 0.790. The minimum Gasteiger partial charge on any atom is -0.491 e. The summed E-state index contributed by atoms with van der Waals surface area (Å²) in [5.41, 5.74) is 1.68. The number of anilines is 1. The molecule has 0 unspecified atom stereocenters. The molecule has 2 amide bonds. The summed E-state index contributed by atoms with van der Waals surface area (Å²) in [5.74, 6) is 0.531. The van der Waals surface area contributed by atoms with Gasteiger partial charge in [-0.25, -0.2) is 0 Å². The summed E-state index contributed by atoms with van der Waals surface area (Å²) in [6.07, 6.45) is 3.72. The number of hydrogen-bond donors (Lipinski definition) is 1. The van der Waals surface area contributed by atoms with Crippen molar-refractivity contribution in [1.82, 2.24) is 10.3 Å². The molecule has 0 aliphatic rings. The maximum atomic E-state index is 12.1. The van der Waals surface area contributed by atoms with Crippen LogP contribution < -0.4 is 15.0 Å². The maximum absolute atomic E-state index is 12.1. The lowest BCUT2D eigenvalue weighted by Gasteiger charge is -2.21. The van der Waals surface area contributed by atoms with Gasteiger partial charge in [0.25, 0.3) is 0 Å². The van der Waals surface area contributed by atoms with E-state index in [9.17, 15) is 9.59 Å². The second-order valence-electron chi connectivity index (χ2n) is 6.22. The molecule has 0 atom stereocenters. The molecule has 26 heavy (non-hydrogen) atoms. The molecule has 0 spiro atoms. The number of nitrogens with one attached hydrogen (secondary N) is 1. The van der Waals surface area contributed by atoms with Gasteiger partial charge in [-0.1, -0.05) is 6.07 Å². The Hall–Kier alpha value is -2.89. The number of aromatic nitrogens is 1. The molecule has 6 heteroatoms. The highest BCUT2D eigenvalue weighted by Gasteiger charge is 2.13. The van der Waals surface area contributed by atoms with Crippen LogP contribution in [0.1, 0.15) is 32.8 Å². The van der Waals surface area contributed by atoms with Gasteiger partial charge < -0.3 is 15.0 Å². The monoisotopic (exact) mass is 355 g/mol. The number of nitrogens with zero attached hydrogens (tertiary/aromatic N) is 2. The Balaban J connectivity index is 1.89. The average Bonchev–Trinajstić information content (AvgIpc) is 2.61. The van der Waals surface area contributed by atoms with Gasteiger partial charge in [-0.05, 0) is 49.7 Å².